The summed E-state index contributed by atoms with van der Waals surface area (Å²) in [6, 6.07) is 4.08. The average molecular weight is 200 g/mol. The van der Waals surface area contributed by atoms with E-state index in [9.17, 15) is 14.9 Å². The van der Waals surface area contributed by atoms with Gasteiger partial charge in [-0.15, -0.1) is 0 Å². The standard InChI is InChI=1S/C10H7BNO3/c1-2-10(13)8-5-7(6-11)3-4-9(8)12(14)15/h2-6H,1H2. The van der Waals surface area contributed by atoms with Crippen molar-refractivity contribution in [3.05, 3.63) is 52.1 Å². The number of nitro benzene ring substituents is 1. The number of benzene rings is 1. The topological polar surface area (TPSA) is 60.2 Å². The molecule has 1 aromatic rings. The van der Waals surface area contributed by atoms with Gasteiger partial charge in [0.1, 0.15) is 0 Å². The van der Waals surface area contributed by atoms with Crippen LogP contribution in [0.4, 0.5) is 5.69 Å². The second-order valence-corrected chi connectivity index (χ2v) is 2.77. The third kappa shape index (κ3) is 2.25. The molecule has 0 aliphatic rings. The van der Waals surface area contributed by atoms with Crippen molar-refractivity contribution in [2.24, 2.45) is 0 Å². The van der Waals surface area contributed by atoms with Gasteiger partial charge in [0, 0.05) is 0 Å². The van der Waals surface area contributed by atoms with Crippen LogP contribution in [0.15, 0.2) is 30.9 Å². The summed E-state index contributed by atoms with van der Waals surface area (Å²) in [5.41, 5.74) is 0.297. The molecule has 0 atom stereocenters. The molecule has 0 unspecified atom stereocenters. The summed E-state index contributed by atoms with van der Waals surface area (Å²) in [5, 5.41) is 10.6. The summed E-state index contributed by atoms with van der Waals surface area (Å²) in [4.78, 5) is 21.3. The van der Waals surface area contributed by atoms with Gasteiger partial charge in [-0.25, -0.2) is 0 Å². The Morgan fingerprint density at radius 1 is 1.53 bits per heavy atom. The Labute approximate surface area is 87.5 Å². The van der Waals surface area contributed by atoms with E-state index in [0.717, 1.165) is 6.08 Å². The number of ketones is 1. The Morgan fingerprint density at radius 2 is 2.20 bits per heavy atom. The molecule has 0 amide bonds. The Morgan fingerprint density at radius 3 is 2.67 bits per heavy atom. The molecule has 15 heavy (non-hydrogen) atoms. The Hall–Kier alpha value is -2.04. The van der Waals surface area contributed by atoms with Crippen molar-refractivity contribution in [3.63, 3.8) is 0 Å². The number of nitro groups is 1. The summed E-state index contributed by atoms with van der Waals surface area (Å²) in [5.74, 6) is 0.772. The summed E-state index contributed by atoms with van der Waals surface area (Å²) in [7, 11) is 5.25. The van der Waals surface area contributed by atoms with Gasteiger partial charge < -0.3 is 0 Å². The first-order valence-corrected chi connectivity index (χ1v) is 4.10. The number of carbonyl (C=O) groups excluding carboxylic acids is 1. The van der Waals surface area contributed by atoms with Crippen LogP contribution in [0.3, 0.4) is 0 Å². The monoisotopic (exact) mass is 200 g/mol. The molecule has 0 saturated carbocycles. The molecule has 73 valence electrons. The fraction of sp³-hybridized carbons (Fsp3) is 0. The minimum absolute atomic E-state index is 0.00537. The number of nitrogens with zero attached hydrogens (tertiary/aromatic N) is 1. The summed E-state index contributed by atoms with van der Waals surface area (Å²) >= 11 is 0. The number of carbonyl (C=O) groups is 1. The van der Waals surface area contributed by atoms with Crippen molar-refractivity contribution >= 4 is 24.9 Å². The van der Waals surface area contributed by atoms with Crippen LogP contribution in [0.25, 0.3) is 0 Å². The van der Waals surface area contributed by atoms with Crippen LogP contribution < -0.4 is 0 Å². The number of hydrogen-bond donors (Lipinski definition) is 0. The molecule has 0 spiro atoms. The zero-order valence-corrected chi connectivity index (χ0v) is 7.84. The van der Waals surface area contributed by atoms with Crippen LogP contribution in [0, 0.1) is 10.1 Å². The van der Waals surface area contributed by atoms with E-state index in [2.05, 4.69) is 6.58 Å². The van der Waals surface area contributed by atoms with Gasteiger partial charge in [-0.1, -0.05) is 0 Å². The van der Waals surface area contributed by atoms with Crippen LogP contribution >= 0.6 is 0 Å². The van der Waals surface area contributed by atoms with E-state index in [1.807, 2.05) is 0 Å². The molecule has 0 bridgehead atoms. The van der Waals surface area contributed by atoms with E-state index in [-0.39, 0.29) is 11.3 Å². The first kappa shape index (κ1) is 11.0. The molecule has 0 aliphatic heterocycles. The molecule has 4 nitrogen and oxygen atoms in total. The van der Waals surface area contributed by atoms with Crippen LogP contribution in [-0.4, -0.2) is 24.2 Å². The van der Waals surface area contributed by atoms with Gasteiger partial charge >= 0.3 is 86.7 Å². The number of rotatable bonds is 4. The first-order chi connectivity index (χ1) is 7.10. The SMILES string of the molecule is [B]=Cc1ccc([N+](=O)[O-])c(C(=O)C=C)c1. The first-order valence-electron chi connectivity index (χ1n) is 4.10. The molecule has 0 aliphatic carbocycles. The summed E-state index contributed by atoms with van der Waals surface area (Å²) in [6.45, 7) is 3.28. The van der Waals surface area contributed by atoms with Gasteiger partial charge in [0.2, 0.25) is 0 Å². The van der Waals surface area contributed by atoms with Crippen molar-refractivity contribution < 1.29 is 9.72 Å². The molecule has 1 radical (unpaired) electrons. The van der Waals surface area contributed by atoms with E-state index < -0.39 is 10.7 Å². The van der Waals surface area contributed by atoms with Gasteiger partial charge in [0.05, 0.1) is 0 Å². The molecule has 5 heteroatoms. The van der Waals surface area contributed by atoms with E-state index in [4.69, 9.17) is 7.49 Å². The third-order valence-electron chi connectivity index (χ3n) is 1.86. The van der Waals surface area contributed by atoms with Crippen LogP contribution in [0.2, 0.25) is 0 Å². The fourth-order valence-electron chi connectivity index (χ4n) is 1.12. The molecule has 0 aromatic heterocycles. The van der Waals surface area contributed by atoms with Gasteiger partial charge in [-0.3, -0.25) is 0 Å². The van der Waals surface area contributed by atoms with Gasteiger partial charge in [-0.2, -0.15) is 0 Å². The number of hydrogen-bond acceptors (Lipinski definition) is 3. The molecule has 1 aromatic carbocycles. The van der Waals surface area contributed by atoms with E-state index in [1.165, 1.54) is 24.2 Å². The Kier molecular flexibility index (Phi) is 3.28. The molecule has 0 fully saturated rings. The third-order valence-corrected chi connectivity index (χ3v) is 1.86. The zero-order chi connectivity index (χ0) is 11.4. The van der Waals surface area contributed by atoms with Crippen molar-refractivity contribution in [2.75, 3.05) is 0 Å². The van der Waals surface area contributed by atoms with E-state index >= 15 is 0 Å². The van der Waals surface area contributed by atoms with Crippen molar-refractivity contribution in [2.45, 2.75) is 0 Å². The molecular weight excluding hydrogens is 193 g/mol. The van der Waals surface area contributed by atoms with Gasteiger partial charge in [-0.05, 0) is 0 Å². The second kappa shape index (κ2) is 4.46. The summed E-state index contributed by atoms with van der Waals surface area (Å²) in [6.07, 6.45) is 1.03. The maximum atomic E-state index is 11.3. The quantitative estimate of drug-likeness (QED) is 0.242. The molecule has 1 rings (SSSR count). The molecule has 0 saturated heterocycles. The van der Waals surface area contributed by atoms with Gasteiger partial charge in [0.25, 0.3) is 0 Å². The molecular formula is C10H7BNO3. The van der Waals surface area contributed by atoms with Crippen molar-refractivity contribution in [1.82, 2.24) is 0 Å². The zero-order valence-electron chi connectivity index (χ0n) is 7.84. The maximum absolute atomic E-state index is 11.3. The second-order valence-electron chi connectivity index (χ2n) is 2.77. The normalized spacial score (nSPS) is 9.27. The van der Waals surface area contributed by atoms with Crippen molar-refractivity contribution in [3.8, 4) is 0 Å². The molecule has 0 heterocycles. The van der Waals surface area contributed by atoms with Crippen LogP contribution in [-0.2, 0) is 0 Å². The Bertz CT molecular complexity index is 454. The molecule has 0 N–H and O–H groups in total. The van der Waals surface area contributed by atoms with Crippen LogP contribution in [0.5, 0.6) is 0 Å². The number of allylic oxidation sites excluding steroid dienone is 1. The summed E-state index contributed by atoms with van der Waals surface area (Å²) < 4.78 is 0. The predicted octanol–water partition coefficient (Wildman–Crippen LogP) is 1.28. The van der Waals surface area contributed by atoms with E-state index in [0.29, 0.717) is 5.56 Å². The van der Waals surface area contributed by atoms with Gasteiger partial charge in [0.15, 0.2) is 0 Å². The predicted molar refractivity (Wildman–Crippen MR) is 58.5 cm³/mol. The van der Waals surface area contributed by atoms with E-state index in [1.54, 1.807) is 0 Å². The fourth-order valence-corrected chi connectivity index (χ4v) is 1.12. The van der Waals surface area contributed by atoms with Crippen LogP contribution in [0.1, 0.15) is 15.9 Å². The van der Waals surface area contributed by atoms with Crippen molar-refractivity contribution in [1.29, 1.82) is 0 Å². The average Bonchev–Trinajstić information content (AvgIpc) is 2.26. The Balaban J connectivity index is 3.40. The minimum atomic E-state index is -0.614.